The van der Waals surface area contributed by atoms with Crippen LogP contribution in [0.15, 0.2) is 33.6 Å². The first-order valence-corrected chi connectivity index (χ1v) is 6.01. The third-order valence-electron chi connectivity index (χ3n) is 2.52. The summed E-state index contributed by atoms with van der Waals surface area (Å²) >= 11 is 1.22. The number of hydrogen-bond acceptors (Lipinski definition) is 4. The van der Waals surface area contributed by atoms with E-state index in [4.69, 9.17) is 0 Å². The fourth-order valence-electron chi connectivity index (χ4n) is 1.67. The fraction of sp³-hybridized carbons (Fsp3) is 0.364. The Morgan fingerprint density at radius 1 is 1.25 bits per heavy atom. The van der Waals surface area contributed by atoms with Gasteiger partial charge in [-0.1, -0.05) is 12.1 Å². The summed E-state index contributed by atoms with van der Waals surface area (Å²) in [5.74, 6) is 0. The Bertz CT molecular complexity index is 424. The van der Waals surface area contributed by atoms with Gasteiger partial charge in [-0.25, -0.2) is 4.40 Å². The van der Waals surface area contributed by atoms with Crippen molar-refractivity contribution in [3.8, 4) is 0 Å². The van der Waals surface area contributed by atoms with E-state index in [0.717, 1.165) is 12.8 Å². The molecular weight excluding hydrogens is 224 g/mol. The van der Waals surface area contributed by atoms with Crippen molar-refractivity contribution in [1.82, 2.24) is 0 Å². The summed E-state index contributed by atoms with van der Waals surface area (Å²) in [7, 11) is 0. The number of hydrogen-bond donors (Lipinski definition) is 0. The van der Waals surface area contributed by atoms with Gasteiger partial charge in [0.15, 0.2) is 0 Å². The molecule has 5 heteroatoms. The first-order valence-electron chi connectivity index (χ1n) is 5.23. The van der Waals surface area contributed by atoms with Crippen molar-refractivity contribution < 1.29 is 4.92 Å². The molecule has 0 N–H and O–H groups in total. The van der Waals surface area contributed by atoms with E-state index in [1.807, 2.05) is 0 Å². The fourth-order valence-corrected chi connectivity index (χ4v) is 2.46. The van der Waals surface area contributed by atoms with Crippen LogP contribution in [0.25, 0.3) is 0 Å². The van der Waals surface area contributed by atoms with Crippen molar-refractivity contribution in [3.05, 3.63) is 34.4 Å². The first-order chi connectivity index (χ1) is 7.77. The van der Waals surface area contributed by atoms with E-state index in [1.54, 1.807) is 18.2 Å². The van der Waals surface area contributed by atoms with Crippen LogP contribution in [-0.4, -0.2) is 10.6 Å². The van der Waals surface area contributed by atoms with Gasteiger partial charge in [0.25, 0.3) is 5.69 Å². The first kappa shape index (κ1) is 11.1. The normalized spacial score (nSPS) is 15.1. The predicted octanol–water partition coefficient (Wildman–Crippen LogP) is 3.62. The molecule has 0 radical (unpaired) electrons. The van der Waals surface area contributed by atoms with Crippen LogP contribution >= 0.6 is 11.9 Å². The Labute approximate surface area is 98.1 Å². The highest BCUT2D eigenvalue weighted by molar-refractivity contribution is 7.98. The molecule has 0 saturated heterocycles. The zero-order chi connectivity index (χ0) is 11.4. The minimum absolute atomic E-state index is 0.134. The number of benzene rings is 1. The quantitative estimate of drug-likeness (QED) is 0.457. The van der Waals surface area contributed by atoms with Crippen LogP contribution < -0.4 is 0 Å². The maximum atomic E-state index is 10.8. The van der Waals surface area contributed by atoms with Crippen LogP contribution in [0, 0.1) is 10.1 Å². The summed E-state index contributed by atoms with van der Waals surface area (Å²) in [5, 5.41) is 10.8. The lowest BCUT2D eigenvalue weighted by Crippen LogP contribution is -1.90. The van der Waals surface area contributed by atoms with Gasteiger partial charge in [-0.15, -0.1) is 0 Å². The van der Waals surface area contributed by atoms with Crippen molar-refractivity contribution in [2.75, 3.05) is 0 Å². The Balaban J connectivity index is 2.14. The Morgan fingerprint density at radius 2 is 1.94 bits per heavy atom. The van der Waals surface area contributed by atoms with Crippen LogP contribution in [-0.2, 0) is 0 Å². The number of nitro benzene ring substituents is 1. The lowest BCUT2D eigenvalue weighted by molar-refractivity contribution is -0.387. The molecule has 0 aliphatic heterocycles. The Kier molecular flexibility index (Phi) is 3.56. The standard InChI is InChI=1S/C11H12N2O2S/c14-13(15)10-7-3-4-8-11(10)16-12-9-5-1-2-6-9/h3-4,7-8H,1-2,5-6H2. The minimum Gasteiger partial charge on any atom is -0.258 e. The second-order valence-corrected chi connectivity index (χ2v) is 4.49. The third kappa shape index (κ3) is 2.61. The topological polar surface area (TPSA) is 55.5 Å². The molecule has 1 fully saturated rings. The van der Waals surface area contributed by atoms with Crippen molar-refractivity contribution >= 4 is 23.3 Å². The van der Waals surface area contributed by atoms with Gasteiger partial charge >= 0.3 is 0 Å². The van der Waals surface area contributed by atoms with E-state index in [2.05, 4.69) is 4.40 Å². The van der Waals surface area contributed by atoms with Crippen LogP contribution in [0.2, 0.25) is 0 Å². The van der Waals surface area contributed by atoms with Gasteiger partial charge in [0, 0.05) is 23.7 Å². The third-order valence-corrected chi connectivity index (χ3v) is 3.41. The van der Waals surface area contributed by atoms with Gasteiger partial charge in [0.1, 0.15) is 4.90 Å². The maximum absolute atomic E-state index is 10.8. The molecule has 0 spiro atoms. The molecule has 16 heavy (non-hydrogen) atoms. The van der Waals surface area contributed by atoms with Crippen LogP contribution in [0.5, 0.6) is 0 Å². The van der Waals surface area contributed by atoms with Crippen molar-refractivity contribution in [2.45, 2.75) is 30.6 Å². The van der Waals surface area contributed by atoms with E-state index >= 15 is 0 Å². The average molecular weight is 236 g/mol. The predicted molar refractivity (Wildman–Crippen MR) is 64.9 cm³/mol. The smallest absolute Gasteiger partial charge is 0.258 e. The molecule has 2 rings (SSSR count). The number of para-hydroxylation sites is 1. The molecule has 0 unspecified atom stereocenters. The summed E-state index contributed by atoms with van der Waals surface area (Å²) in [5.41, 5.74) is 1.30. The molecule has 0 amide bonds. The average Bonchev–Trinajstić information content (AvgIpc) is 2.79. The monoisotopic (exact) mass is 236 g/mol. The molecule has 1 aliphatic rings. The zero-order valence-corrected chi connectivity index (χ0v) is 9.57. The number of nitrogens with zero attached hydrogens (tertiary/aromatic N) is 2. The van der Waals surface area contributed by atoms with Crippen molar-refractivity contribution in [2.24, 2.45) is 4.40 Å². The summed E-state index contributed by atoms with van der Waals surface area (Å²) < 4.78 is 4.37. The van der Waals surface area contributed by atoms with Crippen molar-refractivity contribution in [3.63, 3.8) is 0 Å². The van der Waals surface area contributed by atoms with E-state index in [0.29, 0.717) is 4.90 Å². The lowest BCUT2D eigenvalue weighted by Gasteiger charge is -1.98. The van der Waals surface area contributed by atoms with Crippen molar-refractivity contribution in [1.29, 1.82) is 0 Å². The molecule has 0 heterocycles. The highest BCUT2D eigenvalue weighted by Crippen LogP contribution is 2.30. The molecule has 0 atom stereocenters. The highest BCUT2D eigenvalue weighted by Gasteiger charge is 2.14. The molecule has 1 aromatic rings. The van der Waals surface area contributed by atoms with Gasteiger partial charge in [0.2, 0.25) is 0 Å². The van der Waals surface area contributed by atoms with E-state index in [-0.39, 0.29) is 10.6 Å². The largest absolute Gasteiger partial charge is 0.284 e. The van der Waals surface area contributed by atoms with Crippen LogP contribution in [0.4, 0.5) is 5.69 Å². The molecule has 1 aliphatic carbocycles. The van der Waals surface area contributed by atoms with Gasteiger partial charge < -0.3 is 0 Å². The van der Waals surface area contributed by atoms with Gasteiger partial charge in [-0.05, 0) is 31.7 Å². The van der Waals surface area contributed by atoms with Gasteiger partial charge in [0.05, 0.1) is 4.92 Å². The second kappa shape index (κ2) is 5.12. The lowest BCUT2D eigenvalue weighted by atomic mass is 10.3. The minimum atomic E-state index is -0.364. The Morgan fingerprint density at radius 3 is 2.62 bits per heavy atom. The van der Waals surface area contributed by atoms with E-state index in [9.17, 15) is 10.1 Å². The summed E-state index contributed by atoms with van der Waals surface area (Å²) in [6.07, 6.45) is 4.45. The number of rotatable bonds is 3. The molecule has 84 valence electrons. The molecular formula is C11H12N2O2S. The maximum Gasteiger partial charge on any atom is 0.284 e. The molecule has 1 aromatic carbocycles. The second-order valence-electron chi connectivity index (χ2n) is 3.68. The van der Waals surface area contributed by atoms with E-state index < -0.39 is 0 Å². The molecule has 1 saturated carbocycles. The zero-order valence-electron chi connectivity index (χ0n) is 8.76. The number of nitro groups is 1. The van der Waals surface area contributed by atoms with Crippen LogP contribution in [0.1, 0.15) is 25.7 Å². The SMILES string of the molecule is O=[N+]([O-])c1ccccc1SN=C1CCCC1. The summed E-state index contributed by atoms with van der Waals surface area (Å²) in [4.78, 5) is 11.0. The van der Waals surface area contributed by atoms with Gasteiger partial charge in [-0.3, -0.25) is 10.1 Å². The Hall–Kier alpha value is -1.36. The summed E-state index contributed by atoms with van der Waals surface area (Å²) in [6, 6.07) is 6.72. The molecule has 4 nitrogen and oxygen atoms in total. The highest BCUT2D eigenvalue weighted by atomic mass is 32.2. The van der Waals surface area contributed by atoms with Gasteiger partial charge in [-0.2, -0.15) is 0 Å². The molecule has 0 bridgehead atoms. The van der Waals surface area contributed by atoms with Crippen LogP contribution in [0.3, 0.4) is 0 Å². The van der Waals surface area contributed by atoms with E-state index in [1.165, 1.54) is 36.6 Å². The summed E-state index contributed by atoms with van der Waals surface area (Å²) in [6.45, 7) is 0. The molecule has 0 aromatic heterocycles.